The fraction of sp³-hybridized carbons (Fsp3) is 0.375. The van der Waals surface area contributed by atoms with Gasteiger partial charge in [0, 0.05) is 25.2 Å². The maximum Gasteiger partial charge on any atom is 0.254 e. The Hall–Kier alpha value is -2.39. The van der Waals surface area contributed by atoms with Gasteiger partial charge in [-0.25, -0.2) is 0 Å². The van der Waals surface area contributed by atoms with E-state index in [9.17, 15) is 4.79 Å². The van der Waals surface area contributed by atoms with Crippen LogP contribution in [-0.4, -0.2) is 41.9 Å². The van der Waals surface area contributed by atoms with Crippen LogP contribution < -0.4 is 0 Å². The molecule has 3 heteroatoms. The number of amides is 1. The lowest BCUT2D eigenvalue weighted by Crippen LogP contribution is -2.32. The number of rotatable bonds is 8. The van der Waals surface area contributed by atoms with Crippen LogP contribution >= 0.6 is 0 Å². The smallest absolute Gasteiger partial charge is 0.254 e. The molecule has 0 aromatic heterocycles. The summed E-state index contributed by atoms with van der Waals surface area (Å²) in [6.07, 6.45) is 7.72. The summed E-state index contributed by atoms with van der Waals surface area (Å²) >= 11 is 0. The van der Waals surface area contributed by atoms with Crippen molar-refractivity contribution < 1.29 is 4.79 Å². The Morgan fingerprint density at radius 2 is 1.74 bits per heavy atom. The minimum absolute atomic E-state index is 0.113. The highest BCUT2D eigenvalue weighted by Gasteiger charge is 2.15. The highest BCUT2D eigenvalue weighted by atomic mass is 16.2. The van der Waals surface area contributed by atoms with E-state index in [0.717, 1.165) is 30.6 Å². The Bertz CT molecular complexity index is 731. The average Bonchev–Trinajstić information content (AvgIpc) is 3.21. The molecule has 2 aromatic rings. The lowest BCUT2D eigenvalue weighted by Gasteiger charge is -2.21. The zero-order valence-corrected chi connectivity index (χ0v) is 16.3. The van der Waals surface area contributed by atoms with Crippen LogP contribution in [0.2, 0.25) is 0 Å². The molecule has 0 N–H and O–H groups in total. The van der Waals surface area contributed by atoms with E-state index in [1.807, 2.05) is 35.2 Å². The number of nitrogens with zero attached hydrogens (tertiary/aromatic N) is 2. The highest BCUT2D eigenvalue weighted by Crippen LogP contribution is 2.14. The molecule has 1 aliphatic heterocycles. The largest absolute Gasteiger partial charge is 0.335 e. The summed E-state index contributed by atoms with van der Waals surface area (Å²) in [7, 11) is 0. The molecule has 2 aromatic carbocycles. The van der Waals surface area contributed by atoms with Crippen molar-refractivity contribution in [1.29, 1.82) is 0 Å². The predicted octanol–water partition coefficient (Wildman–Crippen LogP) is 4.85. The molecule has 0 aliphatic carbocycles. The second-order valence-electron chi connectivity index (χ2n) is 7.24. The fourth-order valence-electron chi connectivity index (χ4n) is 3.56. The molecule has 0 bridgehead atoms. The van der Waals surface area contributed by atoms with Gasteiger partial charge in [-0.2, -0.15) is 0 Å². The van der Waals surface area contributed by atoms with E-state index >= 15 is 0 Å². The highest BCUT2D eigenvalue weighted by molar-refractivity contribution is 5.94. The topological polar surface area (TPSA) is 23.6 Å². The van der Waals surface area contributed by atoms with E-state index < -0.39 is 0 Å². The van der Waals surface area contributed by atoms with Crippen molar-refractivity contribution in [2.24, 2.45) is 0 Å². The molecule has 3 nitrogen and oxygen atoms in total. The van der Waals surface area contributed by atoms with Gasteiger partial charge in [-0.1, -0.05) is 61.5 Å². The molecule has 1 aliphatic rings. The Labute approximate surface area is 163 Å². The molecule has 0 radical (unpaired) electrons. The molecule has 0 atom stereocenters. The van der Waals surface area contributed by atoms with E-state index in [-0.39, 0.29) is 5.91 Å². The monoisotopic (exact) mass is 362 g/mol. The quantitative estimate of drug-likeness (QED) is 0.670. The number of likely N-dealkylation sites (tertiary alicyclic amines) is 1. The van der Waals surface area contributed by atoms with Crippen LogP contribution in [0.1, 0.15) is 47.7 Å². The van der Waals surface area contributed by atoms with Crippen molar-refractivity contribution in [1.82, 2.24) is 9.80 Å². The van der Waals surface area contributed by atoms with Gasteiger partial charge in [-0.15, -0.1) is 0 Å². The van der Waals surface area contributed by atoms with Crippen LogP contribution in [0, 0.1) is 0 Å². The number of carbonyl (C=O) groups is 1. The zero-order valence-electron chi connectivity index (χ0n) is 16.3. The second kappa shape index (κ2) is 10.1. The Balaban J connectivity index is 1.60. The maximum absolute atomic E-state index is 12.9. The van der Waals surface area contributed by atoms with Gasteiger partial charge in [0.05, 0.1) is 0 Å². The molecular formula is C24H30N2O. The van der Waals surface area contributed by atoms with Gasteiger partial charge in [0.15, 0.2) is 0 Å². The van der Waals surface area contributed by atoms with Crippen LogP contribution in [0.3, 0.4) is 0 Å². The van der Waals surface area contributed by atoms with E-state index in [0.29, 0.717) is 6.54 Å². The summed E-state index contributed by atoms with van der Waals surface area (Å²) in [6, 6.07) is 18.4. The van der Waals surface area contributed by atoms with Crippen molar-refractivity contribution >= 4 is 12.0 Å². The van der Waals surface area contributed by atoms with Crippen molar-refractivity contribution in [3.8, 4) is 0 Å². The zero-order chi connectivity index (χ0) is 18.9. The maximum atomic E-state index is 12.9. The summed E-state index contributed by atoms with van der Waals surface area (Å²) in [5.41, 5.74) is 3.23. The van der Waals surface area contributed by atoms with Gasteiger partial charge in [0.2, 0.25) is 0 Å². The predicted molar refractivity (Wildman–Crippen MR) is 113 cm³/mol. The second-order valence-corrected chi connectivity index (χ2v) is 7.24. The molecule has 0 spiro atoms. The summed E-state index contributed by atoms with van der Waals surface area (Å²) in [5, 5.41) is 0. The molecule has 0 saturated carbocycles. The van der Waals surface area contributed by atoms with E-state index in [2.05, 4.69) is 48.2 Å². The number of hydrogen-bond acceptors (Lipinski definition) is 2. The fourth-order valence-corrected chi connectivity index (χ4v) is 3.56. The van der Waals surface area contributed by atoms with Crippen molar-refractivity contribution in [3.63, 3.8) is 0 Å². The van der Waals surface area contributed by atoms with Crippen LogP contribution in [-0.2, 0) is 6.54 Å². The molecule has 0 unspecified atom stereocenters. The molecular weight excluding hydrogens is 332 g/mol. The minimum atomic E-state index is 0.113. The van der Waals surface area contributed by atoms with Crippen molar-refractivity contribution in [3.05, 3.63) is 77.4 Å². The summed E-state index contributed by atoms with van der Waals surface area (Å²) in [4.78, 5) is 17.3. The Kier molecular flexibility index (Phi) is 7.23. The molecule has 27 heavy (non-hydrogen) atoms. The first kappa shape index (κ1) is 19.4. The molecule has 142 valence electrons. The van der Waals surface area contributed by atoms with Crippen LogP contribution in [0.4, 0.5) is 0 Å². The third-order valence-corrected chi connectivity index (χ3v) is 5.02. The normalized spacial score (nSPS) is 14.7. The van der Waals surface area contributed by atoms with Gasteiger partial charge in [-0.3, -0.25) is 9.69 Å². The molecule has 1 heterocycles. The van der Waals surface area contributed by atoms with Gasteiger partial charge >= 0.3 is 0 Å². The van der Waals surface area contributed by atoms with Crippen LogP contribution in [0.5, 0.6) is 0 Å². The van der Waals surface area contributed by atoms with E-state index in [4.69, 9.17) is 0 Å². The lowest BCUT2D eigenvalue weighted by molar-refractivity contribution is 0.0774. The molecule has 1 amide bonds. The van der Waals surface area contributed by atoms with Gasteiger partial charge in [-0.05, 0) is 55.6 Å². The summed E-state index contributed by atoms with van der Waals surface area (Å²) in [6.45, 7) is 6.90. The summed E-state index contributed by atoms with van der Waals surface area (Å²) in [5.74, 6) is 0.113. The van der Waals surface area contributed by atoms with E-state index in [1.54, 1.807) is 0 Å². The van der Waals surface area contributed by atoms with Gasteiger partial charge in [0.1, 0.15) is 0 Å². The van der Waals surface area contributed by atoms with Gasteiger partial charge < -0.3 is 4.90 Å². The molecule has 1 saturated heterocycles. The van der Waals surface area contributed by atoms with E-state index in [1.165, 1.54) is 31.5 Å². The number of benzene rings is 2. The third kappa shape index (κ3) is 5.80. The van der Waals surface area contributed by atoms with Crippen LogP contribution in [0.25, 0.3) is 6.08 Å². The van der Waals surface area contributed by atoms with Crippen molar-refractivity contribution in [2.45, 2.75) is 32.7 Å². The Morgan fingerprint density at radius 3 is 2.41 bits per heavy atom. The number of hydrogen-bond donors (Lipinski definition) is 0. The van der Waals surface area contributed by atoms with Crippen LogP contribution in [0.15, 0.2) is 60.7 Å². The summed E-state index contributed by atoms with van der Waals surface area (Å²) < 4.78 is 0. The van der Waals surface area contributed by atoms with Crippen molar-refractivity contribution in [2.75, 3.05) is 26.2 Å². The standard InChI is InChI=1S/C24H30N2O/c1-2-16-26(19-8-11-21-9-4-3-5-10-21)24(27)23-14-12-22(13-15-23)20-25-17-6-7-18-25/h3-5,8-15H,2,6-7,16-20H2,1H3/b11-8+. The average molecular weight is 363 g/mol. The first-order valence-corrected chi connectivity index (χ1v) is 10.1. The third-order valence-electron chi connectivity index (χ3n) is 5.02. The Morgan fingerprint density at radius 1 is 1.04 bits per heavy atom. The van der Waals surface area contributed by atoms with Gasteiger partial charge in [0.25, 0.3) is 5.91 Å². The minimum Gasteiger partial charge on any atom is -0.335 e. The lowest BCUT2D eigenvalue weighted by atomic mass is 10.1. The SMILES string of the molecule is CCCN(C/C=C/c1ccccc1)C(=O)c1ccc(CN2CCCC2)cc1. The first-order valence-electron chi connectivity index (χ1n) is 10.1. The molecule has 3 rings (SSSR count). The molecule has 1 fully saturated rings. The first-order chi connectivity index (χ1) is 13.3. The number of carbonyl (C=O) groups excluding carboxylic acids is 1.